The summed E-state index contributed by atoms with van der Waals surface area (Å²) in [6, 6.07) is 6.83. The lowest BCUT2D eigenvalue weighted by atomic mass is 10.2. The number of carbonyl (C=O) groups is 1. The van der Waals surface area contributed by atoms with Crippen molar-refractivity contribution in [1.82, 2.24) is 13.9 Å². The molecule has 0 saturated heterocycles. The van der Waals surface area contributed by atoms with Gasteiger partial charge >= 0.3 is 0 Å². The Labute approximate surface area is 124 Å². The standard InChI is InChI=1S/C12H18ClN3O3S/c1-15(2)12(17)9-16(3)20(18,19)14-8-10-4-6-11(13)7-5-10/h4-7,14H,8-9H2,1-3H3. The van der Waals surface area contributed by atoms with Crippen LogP contribution in [-0.4, -0.2) is 51.2 Å². The maximum atomic E-state index is 11.9. The zero-order chi connectivity index (χ0) is 15.3. The summed E-state index contributed by atoms with van der Waals surface area (Å²) in [6.45, 7) is -0.0665. The first-order valence-electron chi connectivity index (χ1n) is 5.88. The number of nitrogens with one attached hydrogen (secondary N) is 1. The molecule has 8 heteroatoms. The Balaban J connectivity index is 2.61. The molecule has 0 aromatic heterocycles. The number of amides is 1. The zero-order valence-electron chi connectivity index (χ0n) is 11.6. The fourth-order valence-electron chi connectivity index (χ4n) is 1.30. The molecule has 1 N–H and O–H groups in total. The second kappa shape index (κ2) is 7.03. The Kier molecular flexibility index (Phi) is 5.94. The van der Waals surface area contributed by atoms with E-state index in [1.807, 2.05) is 0 Å². The third-order valence-corrected chi connectivity index (χ3v) is 4.35. The number of hydrogen-bond acceptors (Lipinski definition) is 3. The van der Waals surface area contributed by atoms with Gasteiger partial charge in [-0.3, -0.25) is 4.79 Å². The third-order valence-electron chi connectivity index (χ3n) is 2.64. The van der Waals surface area contributed by atoms with Crippen LogP contribution in [0.2, 0.25) is 5.02 Å². The second-order valence-corrected chi connectivity index (χ2v) is 6.80. The molecule has 0 bridgehead atoms. The van der Waals surface area contributed by atoms with Crippen molar-refractivity contribution in [2.75, 3.05) is 27.7 Å². The molecule has 0 radical (unpaired) electrons. The normalized spacial score (nSPS) is 11.7. The summed E-state index contributed by atoms with van der Waals surface area (Å²) in [4.78, 5) is 12.8. The molecule has 20 heavy (non-hydrogen) atoms. The predicted molar refractivity (Wildman–Crippen MR) is 78.5 cm³/mol. The molecule has 0 atom stereocenters. The molecule has 112 valence electrons. The van der Waals surface area contributed by atoms with Crippen LogP contribution in [0.15, 0.2) is 24.3 Å². The van der Waals surface area contributed by atoms with Crippen LogP contribution in [0.25, 0.3) is 0 Å². The SMILES string of the molecule is CN(C)C(=O)CN(C)S(=O)(=O)NCc1ccc(Cl)cc1. The van der Waals surface area contributed by atoms with Gasteiger partial charge in [-0.25, -0.2) is 0 Å². The maximum absolute atomic E-state index is 11.9. The van der Waals surface area contributed by atoms with Gasteiger partial charge in [0.15, 0.2) is 0 Å². The van der Waals surface area contributed by atoms with Crippen LogP contribution in [-0.2, 0) is 21.5 Å². The van der Waals surface area contributed by atoms with Crippen LogP contribution in [0.4, 0.5) is 0 Å². The fraction of sp³-hybridized carbons (Fsp3) is 0.417. The Bertz CT molecular complexity index is 558. The summed E-state index contributed by atoms with van der Waals surface area (Å²) >= 11 is 5.75. The highest BCUT2D eigenvalue weighted by molar-refractivity contribution is 7.87. The van der Waals surface area contributed by atoms with E-state index in [0.717, 1.165) is 9.87 Å². The molecular formula is C12H18ClN3O3S. The first-order valence-corrected chi connectivity index (χ1v) is 7.69. The van der Waals surface area contributed by atoms with Crippen LogP contribution in [0.1, 0.15) is 5.56 Å². The predicted octanol–water partition coefficient (Wildman–Crippen LogP) is 0.694. The van der Waals surface area contributed by atoms with Crippen molar-refractivity contribution in [3.63, 3.8) is 0 Å². The van der Waals surface area contributed by atoms with Gasteiger partial charge in [0.25, 0.3) is 10.2 Å². The number of likely N-dealkylation sites (N-methyl/N-ethyl adjacent to an activating group) is 2. The van der Waals surface area contributed by atoms with Gasteiger partial charge in [-0.05, 0) is 17.7 Å². The molecule has 1 aromatic rings. The van der Waals surface area contributed by atoms with E-state index in [1.165, 1.54) is 11.9 Å². The average molecular weight is 320 g/mol. The van der Waals surface area contributed by atoms with E-state index in [1.54, 1.807) is 38.4 Å². The van der Waals surface area contributed by atoms with Crippen molar-refractivity contribution in [3.05, 3.63) is 34.9 Å². The van der Waals surface area contributed by atoms with Crippen molar-refractivity contribution in [2.45, 2.75) is 6.54 Å². The van der Waals surface area contributed by atoms with Gasteiger partial charge < -0.3 is 4.90 Å². The van der Waals surface area contributed by atoms with Gasteiger partial charge in [0.05, 0.1) is 6.54 Å². The molecule has 0 aliphatic carbocycles. The molecule has 1 aromatic carbocycles. The number of nitrogens with zero attached hydrogens (tertiary/aromatic N) is 2. The monoisotopic (exact) mass is 319 g/mol. The Morgan fingerprint density at radius 2 is 1.75 bits per heavy atom. The summed E-state index contributed by atoms with van der Waals surface area (Å²) < 4.78 is 27.3. The van der Waals surface area contributed by atoms with Gasteiger partial charge in [-0.15, -0.1) is 0 Å². The highest BCUT2D eigenvalue weighted by Crippen LogP contribution is 2.09. The van der Waals surface area contributed by atoms with E-state index in [0.29, 0.717) is 5.02 Å². The Morgan fingerprint density at radius 3 is 2.25 bits per heavy atom. The van der Waals surface area contributed by atoms with Crippen LogP contribution < -0.4 is 4.72 Å². The smallest absolute Gasteiger partial charge is 0.279 e. The topological polar surface area (TPSA) is 69.7 Å². The first-order chi connectivity index (χ1) is 9.22. The zero-order valence-corrected chi connectivity index (χ0v) is 13.2. The van der Waals surface area contributed by atoms with E-state index in [9.17, 15) is 13.2 Å². The molecule has 6 nitrogen and oxygen atoms in total. The lowest BCUT2D eigenvalue weighted by Crippen LogP contribution is -2.43. The van der Waals surface area contributed by atoms with Gasteiger partial charge in [0, 0.05) is 32.7 Å². The largest absolute Gasteiger partial charge is 0.348 e. The Hall–Kier alpha value is -1.15. The van der Waals surface area contributed by atoms with Crippen molar-refractivity contribution in [1.29, 1.82) is 0 Å². The third kappa shape index (κ3) is 5.09. The van der Waals surface area contributed by atoms with Crippen molar-refractivity contribution in [2.24, 2.45) is 0 Å². The van der Waals surface area contributed by atoms with E-state index < -0.39 is 10.2 Å². The second-order valence-electron chi connectivity index (χ2n) is 4.50. The summed E-state index contributed by atoms with van der Waals surface area (Å²) in [6.07, 6.45) is 0. The quantitative estimate of drug-likeness (QED) is 0.839. The molecule has 0 spiro atoms. The van der Waals surface area contributed by atoms with Gasteiger partial charge in [0.1, 0.15) is 0 Å². The molecule has 0 saturated carbocycles. The maximum Gasteiger partial charge on any atom is 0.279 e. The molecule has 0 unspecified atom stereocenters. The number of benzene rings is 1. The van der Waals surface area contributed by atoms with E-state index in [4.69, 9.17) is 11.6 Å². The highest BCUT2D eigenvalue weighted by atomic mass is 35.5. The summed E-state index contributed by atoms with van der Waals surface area (Å²) in [5.41, 5.74) is 0.783. The molecule has 0 aliphatic heterocycles. The molecule has 1 rings (SSSR count). The van der Waals surface area contributed by atoms with E-state index in [-0.39, 0.29) is 19.0 Å². The van der Waals surface area contributed by atoms with E-state index in [2.05, 4.69) is 4.72 Å². The fourth-order valence-corrected chi connectivity index (χ4v) is 2.28. The van der Waals surface area contributed by atoms with Crippen LogP contribution in [0.5, 0.6) is 0 Å². The number of rotatable bonds is 6. The lowest BCUT2D eigenvalue weighted by Gasteiger charge is -2.19. The minimum Gasteiger partial charge on any atom is -0.348 e. The average Bonchev–Trinajstić information content (AvgIpc) is 2.37. The summed E-state index contributed by atoms with van der Waals surface area (Å²) in [5, 5.41) is 0.588. The molecule has 1 amide bonds. The van der Waals surface area contributed by atoms with Crippen molar-refractivity contribution in [3.8, 4) is 0 Å². The molecule has 0 aliphatic rings. The minimum absolute atomic E-state index is 0.139. The highest BCUT2D eigenvalue weighted by Gasteiger charge is 2.20. The number of hydrogen-bond donors (Lipinski definition) is 1. The van der Waals surface area contributed by atoms with E-state index >= 15 is 0 Å². The summed E-state index contributed by atoms with van der Waals surface area (Å²) in [7, 11) is 0.805. The molecule has 0 fully saturated rings. The van der Waals surface area contributed by atoms with Crippen LogP contribution in [0.3, 0.4) is 0 Å². The van der Waals surface area contributed by atoms with Gasteiger partial charge in [-0.2, -0.15) is 17.4 Å². The van der Waals surface area contributed by atoms with Gasteiger partial charge in [0.2, 0.25) is 5.91 Å². The number of carbonyl (C=O) groups excluding carboxylic acids is 1. The van der Waals surface area contributed by atoms with Crippen LogP contribution >= 0.6 is 11.6 Å². The molecular weight excluding hydrogens is 302 g/mol. The van der Waals surface area contributed by atoms with Crippen molar-refractivity contribution >= 4 is 27.7 Å². The molecule has 0 heterocycles. The summed E-state index contributed by atoms with van der Waals surface area (Å²) in [5.74, 6) is -0.288. The van der Waals surface area contributed by atoms with Crippen molar-refractivity contribution < 1.29 is 13.2 Å². The van der Waals surface area contributed by atoms with Crippen LogP contribution in [0, 0.1) is 0 Å². The Morgan fingerprint density at radius 1 is 1.20 bits per heavy atom. The first kappa shape index (κ1) is 16.9. The lowest BCUT2D eigenvalue weighted by molar-refractivity contribution is -0.128. The van der Waals surface area contributed by atoms with Gasteiger partial charge in [-0.1, -0.05) is 23.7 Å². The number of halogens is 1. The minimum atomic E-state index is -3.69.